The minimum atomic E-state index is -0.620. The maximum absolute atomic E-state index is 8.55. The summed E-state index contributed by atoms with van der Waals surface area (Å²) in [4.78, 5) is 0. The van der Waals surface area contributed by atoms with E-state index in [9.17, 15) is 0 Å². The minimum Gasteiger partial charge on any atom is -0.394 e. The highest BCUT2D eigenvalue weighted by Crippen LogP contribution is 1.90. The molecule has 1 radical (unpaired) electrons. The largest absolute Gasteiger partial charge is 0.394 e. The Labute approximate surface area is 43.8 Å². The Morgan fingerprint density at radius 3 is 2.43 bits per heavy atom. The van der Waals surface area contributed by atoms with Gasteiger partial charge in [-0.15, -0.1) is 0 Å². The van der Waals surface area contributed by atoms with E-state index in [1.54, 1.807) is 6.42 Å². The van der Waals surface area contributed by atoms with Gasteiger partial charge in [0.2, 0.25) is 0 Å². The summed E-state index contributed by atoms with van der Waals surface area (Å²) < 4.78 is 0. The van der Waals surface area contributed by atoms with Crippen molar-refractivity contribution in [2.24, 2.45) is 0 Å². The molecule has 0 aliphatic carbocycles. The summed E-state index contributed by atoms with van der Waals surface area (Å²) in [6, 6.07) is 0. The van der Waals surface area contributed by atoms with Crippen LogP contribution in [0, 0.1) is 6.42 Å². The van der Waals surface area contributed by atoms with Gasteiger partial charge in [-0.2, -0.15) is 0 Å². The van der Waals surface area contributed by atoms with E-state index in [0.717, 1.165) is 6.42 Å². The molecule has 1 unspecified atom stereocenters. The normalized spacial score (nSPS) is 14.1. The first-order chi connectivity index (χ1) is 3.31. The topological polar surface area (TPSA) is 40.5 Å². The fourth-order valence-corrected chi connectivity index (χ4v) is 0.347. The molecule has 0 fully saturated rings. The second-order valence-electron chi connectivity index (χ2n) is 1.39. The zero-order chi connectivity index (χ0) is 5.70. The van der Waals surface area contributed by atoms with Crippen LogP contribution >= 0.6 is 0 Å². The minimum absolute atomic E-state index is 0.159. The van der Waals surface area contributed by atoms with Crippen LogP contribution in [0.1, 0.15) is 13.3 Å². The first kappa shape index (κ1) is 6.92. The van der Waals surface area contributed by atoms with Crippen molar-refractivity contribution in [3.63, 3.8) is 0 Å². The van der Waals surface area contributed by atoms with Crippen molar-refractivity contribution in [3.8, 4) is 0 Å². The van der Waals surface area contributed by atoms with E-state index in [1.807, 2.05) is 6.92 Å². The van der Waals surface area contributed by atoms with Crippen LogP contribution in [-0.2, 0) is 0 Å². The second kappa shape index (κ2) is 4.09. The van der Waals surface area contributed by atoms with Crippen molar-refractivity contribution in [3.05, 3.63) is 6.42 Å². The molecule has 2 nitrogen and oxygen atoms in total. The summed E-state index contributed by atoms with van der Waals surface area (Å²) in [7, 11) is 0. The average molecular weight is 103 g/mol. The van der Waals surface area contributed by atoms with E-state index >= 15 is 0 Å². The van der Waals surface area contributed by atoms with Crippen molar-refractivity contribution in [1.29, 1.82) is 0 Å². The number of aliphatic hydroxyl groups is 2. The van der Waals surface area contributed by atoms with Gasteiger partial charge in [0.25, 0.3) is 0 Å². The highest BCUT2D eigenvalue weighted by molar-refractivity contribution is 4.71. The van der Waals surface area contributed by atoms with E-state index in [1.165, 1.54) is 0 Å². The zero-order valence-corrected chi connectivity index (χ0v) is 4.46. The van der Waals surface area contributed by atoms with Gasteiger partial charge in [0.05, 0.1) is 12.7 Å². The van der Waals surface area contributed by atoms with Gasteiger partial charge in [-0.3, -0.25) is 0 Å². The van der Waals surface area contributed by atoms with Gasteiger partial charge in [0.1, 0.15) is 0 Å². The molecule has 1 atom stereocenters. The lowest BCUT2D eigenvalue weighted by Crippen LogP contribution is -2.11. The quantitative estimate of drug-likeness (QED) is 0.526. The first-order valence-electron chi connectivity index (χ1n) is 2.43. The average Bonchev–Trinajstić information content (AvgIpc) is 1.68. The molecule has 0 heterocycles. The molecule has 0 amide bonds. The van der Waals surface area contributed by atoms with E-state index in [4.69, 9.17) is 10.2 Å². The molecule has 0 saturated carbocycles. The zero-order valence-electron chi connectivity index (χ0n) is 4.46. The SMILES string of the molecule is CC[CH]C(O)CO. The van der Waals surface area contributed by atoms with Crippen LogP contribution < -0.4 is 0 Å². The predicted molar refractivity (Wildman–Crippen MR) is 27.7 cm³/mol. The van der Waals surface area contributed by atoms with Crippen LogP contribution in [0.5, 0.6) is 0 Å². The van der Waals surface area contributed by atoms with Gasteiger partial charge in [-0.25, -0.2) is 0 Å². The highest BCUT2D eigenvalue weighted by atomic mass is 16.3. The van der Waals surface area contributed by atoms with Crippen molar-refractivity contribution in [2.75, 3.05) is 6.61 Å². The lowest BCUT2D eigenvalue weighted by molar-refractivity contribution is 0.117. The fraction of sp³-hybridized carbons (Fsp3) is 0.800. The van der Waals surface area contributed by atoms with E-state index < -0.39 is 6.10 Å². The molecule has 0 aliphatic rings. The van der Waals surface area contributed by atoms with Gasteiger partial charge in [-0.05, 0) is 6.42 Å². The molecule has 0 aromatic carbocycles. The maximum atomic E-state index is 8.55. The molecular formula is C5H11O2. The summed E-state index contributed by atoms with van der Waals surface area (Å²) in [5, 5.41) is 16.7. The van der Waals surface area contributed by atoms with Gasteiger partial charge in [0.15, 0.2) is 0 Å². The lowest BCUT2D eigenvalue weighted by atomic mass is 10.2. The van der Waals surface area contributed by atoms with Gasteiger partial charge >= 0.3 is 0 Å². The third-order valence-corrected chi connectivity index (χ3v) is 0.695. The van der Waals surface area contributed by atoms with Crippen molar-refractivity contribution in [2.45, 2.75) is 19.4 Å². The molecule has 43 valence electrons. The molecule has 0 rings (SSSR count). The Kier molecular flexibility index (Phi) is 4.04. The Balaban J connectivity index is 2.83. The third-order valence-electron chi connectivity index (χ3n) is 0.695. The summed E-state index contributed by atoms with van der Waals surface area (Å²) >= 11 is 0. The highest BCUT2D eigenvalue weighted by Gasteiger charge is 1.96. The number of rotatable bonds is 3. The molecule has 2 heteroatoms. The van der Waals surface area contributed by atoms with E-state index in [0.29, 0.717) is 0 Å². The lowest BCUT2D eigenvalue weighted by Gasteiger charge is -2.00. The monoisotopic (exact) mass is 103 g/mol. The van der Waals surface area contributed by atoms with Crippen molar-refractivity contribution in [1.82, 2.24) is 0 Å². The molecule has 7 heavy (non-hydrogen) atoms. The standard InChI is InChI=1S/C5H11O2/c1-2-3-5(7)4-6/h3,5-7H,2,4H2,1H3. The summed E-state index contributed by atoms with van der Waals surface area (Å²) in [6.07, 6.45) is 1.84. The van der Waals surface area contributed by atoms with Crippen LogP contribution in [0.15, 0.2) is 0 Å². The number of aliphatic hydroxyl groups excluding tert-OH is 2. The Morgan fingerprint density at radius 2 is 2.29 bits per heavy atom. The molecule has 0 aromatic heterocycles. The maximum Gasteiger partial charge on any atom is 0.0802 e. The van der Waals surface area contributed by atoms with E-state index in [-0.39, 0.29) is 6.61 Å². The Bertz CT molecular complexity index is 37.1. The summed E-state index contributed by atoms with van der Waals surface area (Å²) in [5.74, 6) is 0. The van der Waals surface area contributed by atoms with E-state index in [2.05, 4.69) is 0 Å². The fourth-order valence-electron chi connectivity index (χ4n) is 0.347. The summed E-state index contributed by atoms with van der Waals surface area (Å²) in [5.41, 5.74) is 0. The molecule has 2 N–H and O–H groups in total. The van der Waals surface area contributed by atoms with Gasteiger partial charge in [-0.1, -0.05) is 13.3 Å². The second-order valence-corrected chi connectivity index (χ2v) is 1.39. The predicted octanol–water partition coefficient (Wildman–Crippen LogP) is -0.0461. The van der Waals surface area contributed by atoms with Crippen molar-refractivity contribution >= 4 is 0 Å². The van der Waals surface area contributed by atoms with Crippen LogP contribution in [0.25, 0.3) is 0 Å². The smallest absolute Gasteiger partial charge is 0.0802 e. The van der Waals surface area contributed by atoms with Gasteiger partial charge in [0, 0.05) is 0 Å². The molecule has 0 bridgehead atoms. The molecule has 0 aliphatic heterocycles. The van der Waals surface area contributed by atoms with Crippen LogP contribution in [0.4, 0.5) is 0 Å². The van der Waals surface area contributed by atoms with Crippen LogP contribution in [0.2, 0.25) is 0 Å². The first-order valence-corrected chi connectivity index (χ1v) is 2.43. The Hall–Kier alpha value is -0.0800. The molecule has 0 saturated heterocycles. The number of hydrogen-bond donors (Lipinski definition) is 2. The van der Waals surface area contributed by atoms with Crippen LogP contribution in [0.3, 0.4) is 0 Å². The van der Waals surface area contributed by atoms with Crippen LogP contribution in [-0.4, -0.2) is 22.9 Å². The summed E-state index contributed by atoms with van der Waals surface area (Å²) in [6.45, 7) is 1.76. The number of hydrogen-bond acceptors (Lipinski definition) is 2. The third kappa shape index (κ3) is 3.76. The Morgan fingerprint density at radius 1 is 1.71 bits per heavy atom. The molecular weight excluding hydrogens is 92.1 g/mol. The molecule has 0 aromatic rings. The molecule has 0 spiro atoms. The van der Waals surface area contributed by atoms with Crippen molar-refractivity contribution < 1.29 is 10.2 Å². The van der Waals surface area contributed by atoms with Gasteiger partial charge < -0.3 is 10.2 Å².